The zero-order valence-electron chi connectivity index (χ0n) is 14.8. The molecule has 0 aliphatic rings. The Morgan fingerprint density at radius 2 is 1.83 bits per heavy atom. The second-order valence-electron chi connectivity index (χ2n) is 5.70. The van der Waals surface area contributed by atoms with Crippen molar-refractivity contribution in [2.45, 2.75) is 33.1 Å². The fraction of sp³-hybridized carbons (Fsp3) is 0.350. The first-order valence-corrected chi connectivity index (χ1v) is 8.18. The summed E-state index contributed by atoms with van der Waals surface area (Å²) < 4.78 is 10.5. The Bertz CT molecular complexity index is 710. The van der Waals surface area contributed by atoms with Gasteiger partial charge in [0, 0.05) is 12.1 Å². The zero-order valence-corrected chi connectivity index (χ0v) is 14.8. The molecule has 2 aromatic rings. The summed E-state index contributed by atoms with van der Waals surface area (Å²) in [4.78, 5) is 12.3. The molecule has 0 bridgehead atoms. The number of hydrogen-bond acceptors (Lipinski definition) is 3. The largest absolute Gasteiger partial charge is 0.493 e. The maximum Gasteiger partial charge on any atom is 0.224 e. The average Bonchev–Trinajstić information content (AvgIpc) is 2.61. The van der Waals surface area contributed by atoms with Gasteiger partial charge in [-0.25, -0.2) is 0 Å². The molecule has 2 aromatic carbocycles. The Balaban J connectivity index is 2.01. The summed E-state index contributed by atoms with van der Waals surface area (Å²) in [7, 11) is 3.22. The zero-order chi connectivity index (χ0) is 17.5. The van der Waals surface area contributed by atoms with Gasteiger partial charge in [0.15, 0.2) is 11.5 Å². The highest BCUT2D eigenvalue weighted by Gasteiger charge is 2.10. The molecular weight excluding hydrogens is 302 g/mol. The van der Waals surface area contributed by atoms with E-state index in [9.17, 15) is 4.79 Å². The van der Waals surface area contributed by atoms with E-state index in [0.717, 1.165) is 28.8 Å². The highest BCUT2D eigenvalue weighted by molar-refractivity contribution is 5.92. The van der Waals surface area contributed by atoms with Gasteiger partial charge in [-0.05, 0) is 48.6 Å². The topological polar surface area (TPSA) is 47.6 Å². The third kappa shape index (κ3) is 4.28. The second-order valence-corrected chi connectivity index (χ2v) is 5.70. The van der Waals surface area contributed by atoms with Crippen molar-refractivity contribution in [3.05, 3.63) is 53.1 Å². The number of anilines is 1. The quantitative estimate of drug-likeness (QED) is 0.831. The molecule has 0 spiro atoms. The number of rotatable bonds is 7. The Morgan fingerprint density at radius 3 is 2.50 bits per heavy atom. The summed E-state index contributed by atoms with van der Waals surface area (Å²) in [5.41, 5.74) is 4.24. The number of carbonyl (C=O) groups excluding carboxylic acids is 1. The van der Waals surface area contributed by atoms with Crippen LogP contribution in [0.15, 0.2) is 36.4 Å². The van der Waals surface area contributed by atoms with Crippen LogP contribution < -0.4 is 14.8 Å². The van der Waals surface area contributed by atoms with Crippen molar-refractivity contribution in [1.29, 1.82) is 0 Å². The summed E-state index contributed by atoms with van der Waals surface area (Å²) in [6, 6.07) is 11.8. The number of hydrogen-bond donors (Lipinski definition) is 1. The lowest BCUT2D eigenvalue weighted by molar-refractivity contribution is -0.116. The summed E-state index contributed by atoms with van der Waals surface area (Å²) in [6.45, 7) is 4.11. The molecule has 0 aliphatic heterocycles. The van der Waals surface area contributed by atoms with Gasteiger partial charge in [0.25, 0.3) is 0 Å². The minimum absolute atomic E-state index is 0.0220. The van der Waals surface area contributed by atoms with Gasteiger partial charge in [-0.3, -0.25) is 4.79 Å². The number of amides is 1. The number of ether oxygens (including phenoxy) is 2. The Morgan fingerprint density at radius 1 is 1.08 bits per heavy atom. The van der Waals surface area contributed by atoms with Gasteiger partial charge in [0.1, 0.15) is 0 Å². The first-order chi connectivity index (χ1) is 11.6. The van der Waals surface area contributed by atoms with Crippen LogP contribution in [0.3, 0.4) is 0 Å². The van der Waals surface area contributed by atoms with E-state index >= 15 is 0 Å². The molecule has 0 unspecified atom stereocenters. The van der Waals surface area contributed by atoms with Crippen LogP contribution in [-0.2, 0) is 17.6 Å². The highest BCUT2D eigenvalue weighted by Crippen LogP contribution is 2.28. The van der Waals surface area contributed by atoms with E-state index in [4.69, 9.17) is 9.47 Å². The van der Waals surface area contributed by atoms with E-state index in [0.29, 0.717) is 24.3 Å². The van der Waals surface area contributed by atoms with Crippen molar-refractivity contribution in [3.63, 3.8) is 0 Å². The van der Waals surface area contributed by atoms with Crippen LogP contribution in [0.2, 0.25) is 0 Å². The fourth-order valence-corrected chi connectivity index (χ4v) is 2.70. The van der Waals surface area contributed by atoms with Crippen LogP contribution in [-0.4, -0.2) is 20.1 Å². The Kier molecular flexibility index (Phi) is 6.24. The molecule has 0 saturated carbocycles. The van der Waals surface area contributed by atoms with E-state index < -0.39 is 0 Å². The molecule has 4 nitrogen and oxygen atoms in total. The van der Waals surface area contributed by atoms with Crippen molar-refractivity contribution >= 4 is 11.6 Å². The van der Waals surface area contributed by atoms with Crippen LogP contribution in [0, 0.1) is 6.92 Å². The number of nitrogens with one attached hydrogen (secondary N) is 1. The van der Waals surface area contributed by atoms with Crippen molar-refractivity contribution in [3.8, 4) is 11.5 Å². The highest BCUT2D eigenvalue weighted by atomic mass is 16.5. The number of benzene rings is 2. The van der Waals surface area contributed by atoms with Gasteiger partial charge in [0.2, 0.25) is 5.91 Å². The molecule has 1 amide bonds. The first-order valence-electron chi connectivity index (χ1n) is 8.18. The van der Waals surface area contributed by atoms with Crippen LogP contribution >= 0.6 is 0 Å². The van der Waals surface area contributed by atoms with Crippen LogP contribution in [0.4, 0.5) is 5.69 Å². The fourth-order valence-electron chi connectivity index (χ4n) is 2.70. The lowest BCUT2D eigenvalue weighted by Gasteiger charge is -2.13. The summed E-state index contributed by atoms with van der Waals surface area (Å²) in [5, 5.41) is 3.06. The molecule has 0 aromatic heterocycles. The summed E-state index contributed by atoms with van der Waals surface area (Å²) >= 11 is 0. The van der Waals surface area contributed by atoms with E-state index in [1.54, 1.807) is 14.2 Å². The second kappa shape index (κ2) is 8.39. The van der Waals surface area contributed by atoms with Crippen molar-refractivity contribution < 1.29 is 14.3 Å². The normalized spacial score (nSPS) is 10.3. The monoisotopic (exact) mass is 327 g/mol. The molecule has 0 aliphatic carbocycles. The minimum atomic E-state index is 0.0220. The maximum absolute atomic E-state index is 12.3. The van der Waals surface area contributed by atoms with Crippen LogP contribution in [0.1, 0.15) is 30.0 Å². The molecule has 24 heavy (non-hydrogen) atoms. The van der Waals surface area contributed by atoms with Gasteiger partial charge in [-0.2, -0.15) is 0 Å². The number of carbonyl (C=O) groups is 1. The van der Waals surface area contributed by atoms with E-state index in [2.05, 4.69) is 18.3 Å². The molecule has 0 heterocycles. The standard InChI is InChI=1S/C20H25NO3/c1-5-16-8-6-7-14(2)20(16)21-19(22)12-10-15-9-11-17(23-3)18(13-15)24-4/h6-9,11,13H,5,10,12H2,1-4H3,(H,21,22). The maximum atomic E-state index is 12.3. The SMILES string of the molecule is CCc1cccc(C)c1NC(=O)CCc1ccc(OC)c(OC)c1. The van der Waals surface area contributed by atoms with Crippen molar-refractivity contribution in [2.24, 2.45) is 0 Å². The molecule has 0 radical (unpaired) electrons. The van der Waals surface area contributed by atoms with Gasteiger partial charge in [-0.1, -0.05) is 31.2 Å². The van der Waals surface area contributed by atoms with Crippen molar-refractivity contribution in [2.75, 3.05) is 19.5 Å². The predicted octanol–water partition coefficient (Wildman–Crippen LogP) is 4.15. The third-order valence-electron chi connectivity index (χ3n) is 4.09. The third-order valence-corrected chi connectivity index (χ3v) is 4.09. The smallest absolute Gasteiger partial charge is 0.224 e. The van der Waals surface area contributed by atoms with Crippen LogP contribution in [0.5, 0.6) is 11.5 Å². The number of para-hydroxylation sites is 1. The number of aryl methyl sites for hydroxylation is 3. The Labute approximate surface area is 143 Å². The van der Waals surface area contributed by atoms with E-state index in [-0.39, 0.29) is 5.91 Å². The van der Waals surface area contributed by atoms with Gasteiger partial charge in [0.05, 0.1) is 14.2 Å². The molecule has 0 saturated heterocycles. The molecule has 128 valence electrons. The minimum Gasteiger partial charge on any atom is -0.493 e. The first kappa shape index (κ1) is 17.9. The van der Waals surface area contributed by atoms with Gasteiger partial charge in [-0.15, -0.1) is 0 Å². The van der Waals surface area contributed by atoms with E-state index in [1.165, 1.54) is 0 Å². The van der Waals surface area contributed by atoms with Gasteiger partial charge < -0.3 is 14.8 Å². The average molecular weight is 327 g/mol. The van der Waals surface area contributed by atoms with Gasteiger partial charge >= 0.3 is 0 Å². The number of methoxy groups -OCH3 is 2. The molecular formula is C20H25NO3. The molecule has 2 rings (SSSR count). The molecule has 0 fully saturated rings. The molecule has 4 heteroatoms. The molecule has 0 atom stereocenters. The lowest BCUT2D eigenvalue weighted by atomic mass is 10.0. The molecule has 1 N–H and O–H groups in total. The Hall–Kier alpha value is -2.49. The van der Waals surface area contributed by atoms with Crippen LogP contribution in [0.25, 0.3) is 0 Å². The van der Waals surface area contributed by atoms with E-state index in [1.807, 2.05) is 37.3 Å². The van der Waals surface area contributed by atoms with Crippen molar-refractivity contribution in [1.82, 2.24) is 0 Å². The lowest BCUT2D eigenvalue weighted by Crippen LogP contribution is -2.14. The summed E-state index contributed by atoms with van der Waals surface area (Å²) in [6.07, 6.45) is 1.97. The summed E-state index contributed by atoms with van der Waals surface area (Å²) in [5.74, 6) is 1.40. The predicted molar refractivity (Wildman–Crippen MR) is 97.1 cm³/mol.